The fourth-order valence-corrected chi connectivity index (χ4v) is 4.77. The quantitative estimate of drug-likeness (QED) is 0.585. The van der Waals surface area contributed by atoms with E-state index in [0.29, 0.717) is 40.4 Å². The zero-order valence-corrected chi connectivity index (χ0v) is 18.1. The summed E-state index contributed by atoms with van der Waals surface area (Å²) in [4.78, 5) is 30.2. The van der Waals surface area contributed by atoms with Gasteiger partial charge in [0.1, 0.15) is 0 Å². The molecule has 5 nitrogen and oxygen atoms in total. The van der Waals surface area contributed by atoms with Crippen LogP contribution in [-0.2, 0) is 11.3 Å². The van der Waals surface area contributed by atoms with Crippen molar-refractivity contribution in [3.05, 3.63) is 34.6 Å². The zero-order chi connectivity index (χ0) is 20.3. The lowest BCUT2D eigenvalue weighted by Gasteiger charge is -2.34. The van der Waals surface area contributed by atoms with Crippen molar-refractivity contribution in [2.24, 2.45) is 17.8 Å². The topological polar surface area (TPSA) is 64.0 Å². The molecule has 1 fully saturated rings. The Morgan fingerprint density at radius 3 is 2.79 bits per heavy atom. The first-order valence-electron chi connectivity index (χ1n) is 10.3. The monoisotopic (exact) mass is 401 g/mol. The molecule has 1 aliphatic rings. The first-order valence-corrected chi connectivity index (χ1v) is 11.3. The molecule has 0 aliphatic heterocycles. The van der Waals surface area contributed by atoms with Gasteiger partial charge < -0.3 is 5.32 Å². The summed E-state index contributed by atoms with van der Waals surface area (Å²) in [6.07, 6.45) is 3.46. The predicted octanol–water partition coefficient (Wildman–Crippen LogP) is 4.09. The number of amides is 1. The van der Waals surface area contributed by atoms with Crippen LogP contribution in [-0.4, -0.2) is 27.3 Å². The SMILES string of the molecule is CC(C)Cn1c(SCC(=O)N[C@H]2CCC[C@@H](C)[C@H]2C)nc2ccccc2c1=O. The smallest absolute Gasteiger partial charge is 0.262 e. The third-order valence-electron chi connectivity index (χ3n) is 5.76. The Balaban J connectivity index is 1.75. The number of para-hydroxylation sites is 1. The molecule has 3 rings (SSSR count). The van der Waals surface area contributed by atoms with E-state index < -0.39 is 0 Å². The summed E-state index contributed by atoms with van der Waals surface area (Å²) in [6.45, 7) is 9.25. The third kappa shape index (κ3) is 4.77. The first kappa shape index (κ1) is 20.9. The molecule has 0 unspecified atom stereocenters. The minimum atomic E-state index is -0.0306. The summed E-state index contributed by atoms with van der Waals surface area (Å²) in [7, 11) is 0. The van der Waals surface area contributed by atoms with E-state index in [1.54, 1.807) is 4.57 Å². The van der Waals surface area contributed by atoms with Crippen LogP contribution >= 0.6 is 11.8 Å². The van der Waals surface area contributed by atoms with Crippen molar-refractivity contribution in [1.82, 2.24) is 14.9 Å². The van der Waals surface area contributed by atoms with Crippen molar-refractivity contribution in [2.45, 2.75) is 64.7 Å². The van der Waals surface area contributed by atoms with Crippen LogP contribution in [0.1, 0.15) is 47.0 Å². The largest absolute Gasteiger partial charge is 0.352 e. The maximum atomic E-state index is 12.9. The van der Waals surface area contributed by atoms with Crippen molar-refractivity contribution < 1.29 is 4.79 Å². The Bertz CT molecular complexity index is 893. The second-order valence-electron chi connectivity index (χ2n) is 8.45. The molecular weight excluding hydrogens is 370 g/mol. The molecule has 152 valence electrons. The number of thioether (sulfide) groups is 1. The number of benzene rings is 1. The molecule has 0 bridgehead atoms. The summed E-state index contributed by atoms with van der Waals surface area (Å²) in [5.41, 5.74) is 0.655. The van der Waals surface area contributed by atoms with Crippen molar-refractivity contribution in [3.63, 3.8) is 0 Å². The predicted molar refractivity (Wildman–Crippen MR) is 116 cm³/mol. The Morgan fingerprint density at radius 2 is 2.04 bits per heavy atom. The average Bonchev–Trinajstić information content (AvgIpc) is 2.66. The van der Waals surface area contributed by atoms with Crippen LogP contribution in [0.25, 0.3) is 10.9 Å². The minimum absolute atomic E-state index is 0.0226. The Morgan fingerprint density at radius 1 is 1.29 bits per heavy atom. The van der Waals surface area contributed by atoms with Gasteiger partial charge in [0.05, 0.1) is 16.7 Å². The van der Waals surface area contributed by atoms with E-state index in [1.807, 2.05) is 24.3 Å². The van der Waals surface area contributed by atoms with Crippen LogP contribution < -0.4 is 10.9 Å². The van der Waals surface area contributed by atoms with Crippen LogP contribution in [0.3, 0.4) is 0 Å². The van der Waals surface area contributed by atoms with Crippen LogP contribution in [0.15, 0.2) is 34.2 Å². The van der Waals surface area contributed by atoms with Crippen molar-refractivity contribution in [3.8, 4) is 0 Å². The molecular formula is C22H31N3O2S. The highest BCUT2D eigenvalue weighted by molar-refractivity contribution is 7.99. The Kier molecular flexibility index (Phi) is 6.81. The molecule has 0 spiro atoms. The van der Waals surface area contributed by atoms with Gasteiger partial charge in [0.25, 0.3) is 5.56 Å². The van der Waals surface area contributed by atoms with Gasteiger partial charge in [0, 0.05) is 12.6 Å². The molecule has 1 aromatic carbocycles. The van der Waals surface area contributed by atoms with Gasteiger partial charge in [0.2, 0.25) is 5.91 Å². The third-order valence-corrected chi connectivity index (χ3v) is 6.74. The molecule has 6 heteroatoms. The number of aromatic nitrogens is 2. The summed E-state index contributed by atoms with van der Waals surface area (Å²) in [5.74, 6) is 1.76. The molecule has 28 heavy (non-hydrogen) atoms. The summed E-state index contributed by atoms with van der Waals surface area (Å²) < 4.78 is 1.72. The van der Waals surface area contributed by atoms with Crippen LogP contribution in [0.5, 0.6) is 0 Å². The first-order chi connectivity index (χ1) is 13.4. The molecule has 1 aromatic heterocycles. The molecule has 1 heterocycles. The number of hydrogen-bond donors (Lipinski definition) is 1. The van der Waals surface area contributed by atoms with E-state index in [0.717, 1.165) is 6.42 Å². The van der Waals surface area contributed by atoms with Gasteiger partial charge in [-0.15, -0.1) is 0 Å². The van der Waals surface area contributed by atoms with Crippen molar-refractivity contribution in [2.75, 3.05) is 5.75 Å². The van der Waals surface area contributed by atoms with Crippen molar-refractivity contribution >= 4 is 28.6 Å². The zero-order valence-electron chi connectivity index (χ0n) is 17.3. The molecule has 0 saturated heterocycles. The minimum Gasteiger partial charge on any atom is -0.352 e. The van der Waals surface area contributed by atoms with Gasteiger partial charge in [-0.1, -0.05) is 64.4 Å². The van der Waals surface area contributed by atoms with Gasteiger partial charge >= 0.3 is 0 Å². The fourth-order valence-electron chi connectivity index (χ4n) is 3.95. The van der Waals surface area contributed by atoms with Gasteiger partial charge in [-0.05, 0) is 36.3 Å². The molecule has 1 N–H and O–H groups in total. The van der Waals surface area contributed by atoms with E-state index >= 15 is 0 Å². The molecule has 1 saturated carbocycles. The summed E-state index contributed by atoms with van der Waals surface area (Å²) >= 11 is 1.36. The van der Waals surface area contributed by atoms with Crippen molar-refractivity contribution in [1.29, 1.82) is 0 Å². The standard InChI is InChI=1S/C22H31N3O2S/c1-14(2)12-25-21(27)17-9-5-6-10-19(17)24-22(25)28-13-20(26)23-18-11-7-8-15(3)16(18)4/h5-6,9-10,14-16,18H,7-8,11-13H2,1-4H3,(H,23,26)/t15-,16-,18+/m1/s1. The van der Waals surface area contributed by atoms with Crippen LogP contribution in [0.2, 0.25) is 0 Å². The number of carbonyl (C=O) groups excluding carboxylic acids is 1. The van der Waals surface area contributed by atoms with Crippen LogP contribution in [0.4, 0.5) is 0 Å². The number of rotatable bonds is 6. The number of hydrogen-bond acceptors (Lipinski definition) is 4. The maximum Gasteiger partial charge on any atom is 0.262 e. The van der Waals surface area contributed by atoms with Crippen LogP contribution in [0, 0.1) is 17.8 Å². The van der Waals surface area contributed by atoms with Gasteiger partial charge in [-0.2, -0.15) is 0 Å². The summed E-state index contributed by atoms with van der Waals surface area (Å²) in [5, 5.41) is 4.46. The molecule has 1 amide bonds. The molecule has 0 radical (unpaired) electrons. The lowest BCUT2D eigenvalue weighted by molar-refractivity contribution is -0.120. The fraction of sp³-hybridized carbons (Fsp3) is 0.591. The Hall–Kier alpha value is -1.82. The lowest BCUT2D eigenvalue weighted by Crippen LogP contribution is -2.44. The van der Waals surface area contributed by atoms with Gasteiger partial charge in [0.15, 0.2) is 5.16 Å². The lowest BCUT2D eigenvalue weighted by atomic mass is 9.78. The normalized spacial score (nSPS) is 22.5. The Labute approximate surface area is 171 Å². The van der Waals surface area contributed by atoms with E-state index in [9.17, 15) is 9.59 Å². The molecule has 3 atom stereocenters. The number of nitrogens with one attached hydrogen (secondary N) is 1. The second-order valence-corrected chi connectivity index (χ2v) is 9.39. The highest BCUT2D eigenvalue weighted by Gasteiger charge is 2.28. The average molecular weight is 402 g/mol. The second kappa shape index (κ2) is 9.12. The highest BCUT2D eigenvalue weighted by atomic mass is 32.2. The highest BCUT2D eigenvalue weighted by Crippen LogP contribution is 2.29. The maximum absolute atomic E-state index is 12.9. The summed E-state index contributed by atoms with van der Waals surface area (Å²) in [6, 6.07) is 7.66. The molecule has 2 aromatic rings. The van der Waals surface area contributed by atoms with E-state index in [1.165, 1.54) is 24.6 Å². The number of nitrogens with zero attached hydrogens (tertiary/aromatic N) is 2. The van der Waals surface area contributed by atoms with E-state index in [-0.39, 0.29) is 23.3 Å². The molecule has 1 aliphatic carbocycles. The van der Waals surface area contributed by atoms with E-state index in [4.69, 9.17) is 0 Å². The number of carbonyl (C=O) groups is 1. The number of fused-ring (bicyclic) bond motifs is 1. The van der Waals surface area contributed by atoms with E-state index in [2.05, 4.69) is 38.0 Å². The van der Waals surface area contributed by atoms with Gasteiger partial charge in [-0.3, -0.25) is 14.2 Å². The van der Waals surface area contributed by atoms with Gasteiger partial charge in [-0.25, -0.2) is 4.98 Å².